The van der Waals surface area contributed by atoms with Crippen molar-refractivity contribution in [1.82, 2.24) is 0 Å². The lowest BCUT2D eigenvalue weighted by molar-refractivity contribution is -0.137. The van der Waals surface area contributed by atoms with Crippen molar-refractivity contribution in [2.45, 2.75) is 51.9 Å². The molecule has 1 N–H and O–H groups in total. The number of Topliss-reactive ketones (excluding diaryl/α,β-unsaturated/α-hetero) is 1. The van der Waals surface area contributed by atoms with Gasteiger partial charge in [0.15, 0.2) is 5.78 Å². The minimum absolute atomic E-state index is 0.223. The van der Waals surface area contributed by atoms with Crippen LogP contribution in [0.3, 0.4) is 0 Å². The maximum absolute atomic E-state index is 12.9. The van der Waals surface area contributed by atoms with Crippen molar-refractivity contribution in [2.75, 3.05) is 19.0 Å². The Labute approximate surface area is 138 Å². The minimum atomic E-state index is -0.740. The van der Waals surface area contributed by atoms with Crippen LogP contribution in [-0.4, -0.2) is 31.0 Å². The molecule has 0 spiro atoms. The average Bonchev–Trinajstić information content (AvgIpc) is 2.50. The first-order chi connectivity index (χ1) is 10.8. The Kier molecular flexibility index (Phi) is 5.45. The molecule has 0 bridgehead atoms. The number of hydrogen-bond donors (Lipinski definition) is 1. The second-order valence-electron chi connectivity index (χ2n) is 7.08. The number of carboxylic acid groups (broad SMARTS) is 1. The van der Waals surface area contributed by atoms with Gasteiger partial charge in [-0.05, 0) is 49.4 Å². The predicted octanol–water partition coefficient (Wildman–Crippen LogP) is 3.92. The van der Waals surface area contributed by atoms with E-state index in [0.29, 0.717) is 6.42 Å². The smallest absolute Gasteiger partial charge is 0.303 e. The van der Waals surface area contributed by atoms with E-state index in [-0.39, 0.29) is 17.6 Å². The summed E-state index contributed by atoms with van der Waals surface area (Å²) in [4.78, 5) is 25.5. The SMILES string of the molecule is CN(C)c1ccc2c(c1)CCC(C)(CCCCCC(=O)O)C2=O. The van der Waals surface area contributed by atoms with E-state index in [1.807, 2.05) is 26.2 Å². The van der Waals surface area contributed by atoms with Gasteiger partial charge in [0, 0.05) is 37.2 Å². The average molecular weight is 317 g/mol. The second kappa shape index (κ2) is 7.16. The Morgan fingerprint density at radius 1 is 1.26 bits per heavy atom. The first kappa shape index (κ1) is 17.5. The van der Waals surface area contributed by atoms with Gasteiger partial charge in [-0.25, -0.2) is 0 Å². The van der Waals surface area contributed by atoms with Gasteiger partial charge in [-0.3, -0.25) is 9.59 Å². The standard InChI is InChI=1S/C19H27NO3/c1-19(11-6-4-5-7-17(21)22)12-10-14-13-15(20(2)3)8-9-16(14)18(19)23/h8-9,13H,4-7,10-12H2,1-3H3,(H,21,22). The number of ketones is 1. The van der Waals surface area contributed by atoms with Crippen LogP contribution in [0.4, 0.5) is 5.69 Å². The molecule has 23 heavy (non-hydrogen) atoms. The summed E-state index contributed by atoms with van der Waals surface area (Å²) in [6.07, 6.45) is 5.38. The van der Waals surface area contributed by atoms with Gasteiger partial charge in [0.25, 0.3) is 0 Å². The maximum Gasteiger partial charge on any atom is 0.303 e. The van der Waals surface area contributed by atoms with Gasteiger partial charge < -0.3 is 10.0 Å². The van der Waals surface area contributed by atoms with Crippen LogP contribution in [0.2, 0.25) is 0 Å². The van der Waals surface area contributed by atoms with Crippen LogP contribution in [0.1, 0.15) is 61.4 Å². The van der Waals surface area contributed by atoms with Crippen molar-refractivity contribution in [3.05, 3.63) is 29.3 Å². The number of anilines is 1. The zero-order chi connectivity index (χ0) is 17.0. The minimum Gasteiger partial charge on any atom is -0.481 e. The molecule has 4 nitrogen and oxygen atoms in total. The van der Waals surface area contributed by atoms with Gasteiger partial charge in [-0.1, -0.05) is 19.8 Å². The Hall–Kier alpha value is -1.84. The fourth-order valence-corrected chi connectivity index (χ4v) is 3.34. The first-order valence-corrected chi connectivity index (χ1v) is 8.40. The molecule has 4 heteroatoms. The first-order valence-electron chi connectivity index (χ1n) is 8.40. The van der Waals surface area contributed by atoms with Crippen molar-refractivity contribution in [3.8, 4) is 0 Å². The molecule has 0 saturated heterocycles. The molecule has 0 heterocycles. The van der Waals surface area contributed by atoms with Gasteiger partial charge >= 0.3 is 5.97 Å². The van der Waals surface area contributed by atoms with Crippen LogP contribution in [-0.2, 0) is 11.2 Å². The van der Waals surface area contributed by atoms with E-state index in [9.17, 15) is 9.59 Å². The molecule has 1 aliphatic rings. The lowest BCUT2D eigenvalue weighted by Gasteiger charge is -2.34. The molecule has 1 aliphatic carbocycles. The van der Waals surface area contributed by atoms with Crippen LogP contribution in [0.15, 0.2) is 18.2 Å². The molecule has 126 valence electrons. The topological polar surface area (TPSA) is 57.6 Å². The summed E-state index contributed by atoms with van der Waals surface area (Å²) in [6.45, 7) is 2.06. The highest BCUT2D eigenvalue weighted by atomic mass is 16.4. The summed E-state index contributed by atoms with van der Waals surface area (Å²) in [6, 6.07) is 6.10. The number of aliphatic carboxylic acids is 1. The molecule has 1 atom stereocenters. The van der Waals surface area contributed by atoms with Gasteiger partial charge in [0.1, 0.15) is 0 Å². The quantitative estimate of drug-likeness (QED) is 0.774. The molecular formula is C19H27NO3. The normalized spacial score (nSPS) is 20.2. The fraction of sp³-hybridized carbons (Fsp3) is 0.579. The van der Waals surface area contributed by atoms with E-state index >= 15 is 0 Å². The number of fused-ring (bicyclic) bond motifs is 1. The van der Waals surface area contributed by atoms with Gasteiger partial charge in [0.05, 0.1) is 0 Å². The van der Waals surface area contributed by atoms with Gasteiger partial charge in [0.2, 0.25) is 0 Å². The monoisotopic (exact) mass is 317 g/mol. The van der Waals surface area contributed by atoms with Crippen LogP contribution in [0.5, 0.6) is 0 Å². The molecule has 0 radical (unpaired) electrons. The highest BCUT2D eigenvalue weighted by molar-refractivity contribution is 6.02. The number of carboxylic acids is 1. The third kappa shape index (κ3) is 4.12. The molecule has 0 aromatic heterocycles. The summed E-state index contributed by atoms with van der Waals surface area (Å²) >= 11 is 0. The number of hydrogen-bond acceptors (Lipinski definition) is 3. The largest absolute Gasteiger partial charge is 0.481 e. The van der Waals surface area contributed by atoms with Crippen LogP contribution in [0.25, 0.3) is 0 Å². The van der Waals surface area contributed by atoms with E-state index < -0.39 is 5.97 Å². The molecule has 2 rings (SSSR count). The highest BCUT2D eigenvalue weighted by Gasteiger charge is 2.37. The van der Waals surface area contributed by atoms with Crippen molar-refractivity contribution >= 4 is 17.4 Å². The number of benzene rings is 1. The van der Waals surface area contributed by atoms with E-state index in [1.54, 1.807) is 0 Å². The summed E-state index contributed by atoms with van der Waals surface area (Å²) in [5.41, 5.74) is 2.86. The molecule has 1 unspecified atom stereocenters. The second-order valence-corrected chi connectivity index (χ2v) is 7.08. The zero-order valence-corrected chi connectivity index (χ0v) is 14.4. The van der Waals surface area contributed by atoms with E-state index in [1.165, 1.54) is 0 Å². The lowest BCUT2D eigenvalue weighted by atomic mass is 9.69. The van der Waals surface area contributed by atoms with Crippen molar-refractivity contribution in [3.63, 3.8) is 0 Å². The number of nitrogens with zero attached hydrogens (tertiary/aromatic N) is 1. The van der Waals surface area contributed by atoms with Gasteiger partial charge in [-0.2, -0.15) is 0 Å². The molecular weight excluding hydrogens is 290 g/mol. The predicted molar refractivity (Wildman–Crippen MR) is 92.2 cm³/mol. The van der Waals surface area contributed by atoms with Crippen molar-refractivity contribution < 1.29 is 14.7 Å². The number of carbonyl (C=O) groups is 2. The van der Waals surface area contributed by atoms with Crippen LogP contribution < -0.4 is 4.90 Å². The number of rotatable bonds is 7. The Bertz CT molecular complexity index is 594. The summed E-state index contributed by atoms with van der Waals surface area (Å²) < 4.78 is 0. The lowest BCUT2D eigenvalue weighted by Crippen LogP contribution is -2.33. The Balaban J connectivity index is 2.00. The van der Waals surface area contributed by atoms with E-state index in [4.69, 9.17) is 5.11 Å². The van der Waals surface area contributed by atoms with Crippen molar-refractivity contribution in [2.24, 2.45) is 5.41 Å². The van der Waals surface area contributed by atoms with E-state index in [2.05, 4.69) is 17.9 Å². The van der Waals surface area contributed by atoms with Crippen molar-refractivity contribution in [1.29, 1.82) is 0 Å². The molecule has 0 saturated carbocycles. The third-order valence-corrected chi connectivity index (χ3v) is 4.96. The third-order valence-electron chi connectivity index (χ3n) is 4.96. The Morgan fingerprint density at radius 3 is 2.65 bits per heavy atom. The highest BCUT2D eigenvalue weighted by Crippen LogP contribution is 2.40. The summed E-state index contributed by atoms with van der Waals surface area (Å²) in [7, 11) is 4.02. The molecule has 1 aromatic carbocycles. The van der Waals surface area contributed by atoms with E-state index in [0.717, 1.165) is 48.9 Å². The zero-order valence-electron chi connectivity index (χ0n) is 14.4. The number of carbonyl (C=O) groups excluding carboxylic acids is 1. The Morgan fingerprint density at radius 2 is 2.00 bits per heavy atom. The summed E-state index contributed by atoms with van der Waals surface area (Å²) in [5, 5.41) is 8.67. The molecule has 0 aliphatic heterocycles. The molecule has 1 aromatic rings. The molecule has 0 fully saturated rings. The number of unbranched alkanes of at least 4 members (excludes halogenated alkanes) is 2. The molecule has 0 amide bonds. The summed E-state index contributed by atoms with van der Waals surface area (Å²) in [5.74, 6) is -0.488. The van der Waals surface area contributed by atoms with Gasteiger partial charge in [-0.15, -0.1) is 0 Å². The maximum atomic E-state index is 12.9. The van der Waals surface area contributed by atoms with Crippen LogP contribution >= 0.6 is 0 Å². The van der Waals surface area contributed by atoms with Crippen LogP contribution in [0, 0.1) is 5.41 Å². The fourth-order valence-electron chi connectivity index (χ4n) is 3.34. The number of aryl methyl sites for hydroxylation is 1.